The van der Waals surface area contributed by atoms with Crippen molar-refractivity contribution in [2.24, 2.45) is 0 Å². The summed E-state index contributed by atoms with van der Waals surface area (Å²) in [5.41, 5.74) is 1.65. The summed E-state index contributed by atoms with van der Waals surface area (Å²) in [6.45, 7) is 0.937. The van der Waals surface area contributed by atoms with Crippen LogP contribution in [0.1, 0.15) is 27.1 Å². The van der Waals surface area contributed by atoms with E-state index in [4.69, 9.17) is 4.74 Å². The second-order valence-electron chi connectivity index (χ2n) is 6.49. The van der Waals surface area contributed by atoms with Crippen LogP contribution >= 0.6 is 0 Å². The molecule has 2 amide bonds. The Bertz CT molecular complexity index is 902. The Labute approximate surface area is 167 Å². The molecule has 0 saturated heterocycles. The average molecular weight is 399 g/mol. The molecular formula is C20H21N3O6. The molecule has 0 spiro atoms. The first-order chi connectivity index (χ1) is 14.0. The van der Waals surface area contributed by atoms with Gasteiger partial charge in [0.1, 0.15) is 12.4 Å². The van der Waals surface area contributed by atoms with Crippen LogP contribution in [0.5, 0.6) is 5.75 Å². The number of imide groups is 1. The number of hydrogen-bond donors (Lipinski definition) is 0. The zero-order chi connectivity index (χ0) is 20.8. The van der Waals surface area contributed by atoms with Crippen LogP contribution in [-0.2, 0) is 4.84 Å². The molecule has 0 N–H and O–H groups in total. The van der Waals surface area contributed by atoms with Gasteiger partial charge in [-0.1, -0.05) is 18.2 Å². The molecule has 0 saturated carbocycles. The van der Waals surface area contributed by atoms with Crippen molar-refractivity contribution in [3.63, 3.8) is 0 Å². The zero-order valence-corrected chi connectivity index (χ0v) is 15.9. The third-order valence-electron chi connectivity index (χ3n) is 4.56. The number of benzene rings is 2. The molecule has 0 bridgehead atoms. The minimum atomic E-state index is -0.902. The summed E-state index contributed by atoms with van der Waals surface area (Å²) in [7, 11) is 1.96. The third kappa shape index (κ3) is 4.81. The molecule has 2 aromatic carbocycles. The molecule has 2 aromatic rings. The largest absolute Gasteiger partial charge is 0.492 e. The number of anilines is 1. The molecule has 0 aromatic heterocycles. The topological polar surface area (TPSA) is 102 Å². The molecule has 0 fully saturated rings. The van der Waals surface area contributed by atoms with E-state index in [1.165, 1.54) is 0 Å². The van der Waals surface area contributed by atoms with Gasteiger partial charge in [0.05, 0.1) is 24.3 Å². The highest BCUT2D eigenvalue weighted by Crippen LogP contribution is 2.27. The van der Waals surface area contributed by atoms with Gasteiger partial charge >= 0.3 is 0 Å². The predicted molar refractivity (Wildman–Crippen MR) is 105 cm³/mol. The molecule has 0 aliphatic carbocycles. The maximum atomic E-state index is 12.5. The van der Waals surface area contributed by atoms with Gasteiger partial charge in [-0.25, -0.2) is 0 Å². The van der Waals surface area contributed by atoms with Crippen LogP contribution in [0, 0.1) is 10.1 Å². The first-order valence-electron chi connectivity index (χ1n) is 9.14. The van der Waals surface area contributed by atoms with E-state index in [9.17, 15) is 19.7 Å². The average Bonchev–Trinajstić information content (AvgIpc) is 2.95. The van der Waals surface area contributed by atoms with Gasteiger partial charge in [-0.15, -0.1) is 10.1 Å². The molecule has 29 heavy (non-hydrogen) atoms. The molecule has 0 atom stereocenters. The highest BCUT2D eigenvalue weighted by atomic mass is 16.9. The monoisotopic (exact) mass is 399 g/mol. The van der Waals surface area contributed by atoms with E-state index in [2.05, 4.69) is 9.74 Å². The van der Waals surface area contributed by atoms with Crippen molar-refractivity contribution in [2.75, 3.05) is 38.3 Å². The fraction of sp³-hybridized carbons (Fsp3) is 0.300. The van der Waals surface area contributed by atoms with Crippen molar-refractivity contribution in [1.29, 1.82) is 0 Å². The normalized spacial score (nSPS) is 12.7. The molecule has 152 valence electrons. The van der Waals surface area contributed by atoms with Crippen molar-refractivity contribution in [2.45, 2.75) is 6.42 Å². The van der Waals surface area contributed by atoms with E-state index in [1.807, 2.05) is 37.4 Å². The fourth-order valence-electron chi connectivity index (χ4n) is 3.04. The summed E-state index contributed by atoms with van der Waals surface area (Å²) in [4.78, 5) is 42.4. The van der Waals surface area contributed by atoms with Gasteiger partial charge in [-0.3, -0.25) is 14.5 Å². The number of hydrogen-bond acceptors (Lipinski definition) is 7. The number of rotatable bonds is 10. The van der Waals surface area contributed by atoms with Crippen LogP contribution in [0.4, 0.5) is 5.69 Å². The summed E-state index contributed by atoms with van der Waals surface area (Å²) < 4.78 is 5.75. The van der Waals surface area contributed by atoms with Crippen molar-refractivity contribution in [3.8, 4) is 5.75 Å². The molecule has 9 heteroatoms. The van der Waals surface area contributed by atoms with Crippen LogP contribution in [-0.4, -0.2) is 55.2 Å². The van der Waals surface area contributed by atoms with Crippen LogP contribution in [0.2, 0.25) is 0 Å². The minimum absolute atomic E-state index is 0.0538. The second kappa shape index (κ2) is 9.05. The number of likely N-dealkylation sites (N-methyl/N-ethyl adjacent to an activating group) is 1. The molecule has 1 aliphatic heterocycles. The summed E-state index contributed by atoms with van der Waals surface area (Å²) in [6.07, 6.45) is 0.182. The fourth-order valence-corrected chi connectivity index (χ4v) is 3.04. The molecule has 1 heterocycles. The van der Waals surface area contributed by atoms with E-state index in [1.54, 1.807) is 18.2 Å². The molecule has 9 nitrogen and oxygen atoms in total. The van der Waals surface area contributed by atoms with Crippen LogP contribution < -0.4 is 9.64 Å². The Kier molecular flexibility index (Phi) is 6.28. The maximum Gasteiger partial charge on any atom is 0.294 e. The Morgan fingerprint density at radius 3 is 2.48 bits per heavy atom. The Balaban J connectivity index is 1.55. The molecule has 0 unspecified atom stereocenters. The van der Waals surface area contributed by atoms with E-state index < -0.39 is 16.9 Å². The molecule has 1 aliphatic rings. The zero-order valence-electron chi connectivity index (χ0n) is 15.9. The summed E-state index contributed by atoms with van der Waals surface area (Å²) in [6, 6.07) is 14.7. The lowest BCUT2D eigenvalue weighted by molar-refractivity contribution is -0.757. The number of ether oxygens (including phenoxy) is 1. The van der Waals surface area contributed by atoms with Crippen LogP contribution in [0.25, 0.3) is 0 Å². The van der Waals surface area contributed by atoms with E-state index in [-0.39, 0.29) is 25.1 Å². The van der Waals surface area contributed by atoms with Gasteiger partial charge in [-0.2, -0.15) is 0 Å². The lowest BCUT2D eigenvalue weighted by atomic mass is 10.1. The number of amides is 2. The van der Waals surface area contributed by atoms with E-state index in [0.29, 0.717) is 24.5 Å². The summed E-state index contributed by atoms with van der Waals surface area (Å²) >= 11 is 0. The Hall–Kier alpha value is -3.62. The van der Waals surface area contributed by atoms with Crippen molar-refractivity contribution < 1.29 is 24.3 Å². The van der Waals surface area contributed by atoms with Crippen LogP contribution in [0.3, 0.4) is 0 Å². The number of carbonyl (C=O) groups excluding carboxylic acids is 2. The lowest BCUT2D eigenvalue weighted by Crippen LogP contribution is -2.31. The standard InChI is InChI=1S/C20H21N3O6/c1-21(15-6-3-2-4-7-15)11-13-28-16-8-9-17-18(14-16)20(25)22(19(17)24)10-5-12-29-23(26)27/h2-4,6-9,14H,5,10-13H2,1H3. The smallest absolute Gasteiger partial charge is 0.294 e. The van der Waals surface area contributed by atoms with Crippen molar-refractivity contribution >= 4 is 17.5 Å². The summed E-state index contributed by atoms with van der Waals surface area (Å²) in [5, 5.41) is 9.27. The van der Waals surface area contributed by atoms with Gasteiger partial charge in [0, 0.05) is 19.3 Å². The number of nitrogens with zero attached hydrogens (tertiary/aromatic N) is 3. The third-order valence-corrected chi connectivity index (χ3v) is 4.56. The van der Waals surface area contributed by atoms with E-state index in [0.717, 1.165) is 10.6 Å². The summed E-state index contributed by atoms with van der Waals surface area (Å²) in [5.74, 6) is -0.343. The second-order valence-corrected chi connectivity index (χ2v) is 6.49. The minimum Gasteiger partial charge on any atom is -0.492 e. The van der Waals surface area contributed by atoms with Crippen molar-refractivity contribution in [3.05, 3.63) is 69.8 Å². The highest BCUT2D eigenvalue weighted by Gasteiger charge is 2.35. The van der Waals surface area contributed by atoms with E-state index >= 15 is 0 Å². The number of para-hydroxylation sites is 1. The first kappa shape index (κ1) is 20.1. The maximum absolute atomic E-state index is 12.5. The van der Waals surface area contributed by atoms with Gasteiger partial charge in [0.2, 0.25) is 0 Å². The van der Waals surface area contributed by atoms with Crippen LogP contribution in [0.15, 0.2) is 48.5 Å². The molecular weight excluding hydrogens is 378 g/mol. The SMILES string of the molecule is CN(CCOc1ccc2c(c1)C(=O)N(CCCO[N+](=O)[O-])C2=O)c1ccccc1. The first-order valence-corrected chi connectivity index (χ1v) is 9.14. The van der Waals surface area contributed by atoms with Gasteiger partial charge in [0.15, 0.2) is 0 Å². The van der Waals surface area contributed by atoms with Gasteiger partial charge in [-0.05, 0) is 36.8 Å². The predicted octanol–water partition coefficient (Wildman–Crippen LogP) is 2.40. The Morgan fingerprint density at radius 2 is 1.76 bits per heavy atom. The van der Waals surface area contributed by atoms with Gasteiger partial charge < -0.3 is 14.5 Å². The Morgan fingerprint density at radius 1 is 1.03 bits per heavy atom. The van der Waals surface area contributed by atoms with Crippen molar-refractivity contribution in [1.82, 2.24) is 4.90 Å². The quantitative estimate of drug-likeness (QED) is 0.262. The van der Waals surface area contributed by atoms with Gasteiger partial charge in [0.25, 0.3) is 16.9 Å². The molecule has 3 rings (SSSR count). The number of fused-ring (bicyclic) bond motifs is 1. The highest BCUT2D eigenvalue weighted by molar-refractivity contribution is 6.21. The lowest BCUT2D eigenvalue weighted by Gasteiger charge is -2.19. The number of carbonyl (C=O) groups is 2. The molecule has 0 radical (unpaired) electrons.